The molecule has 0 aliphatic heterocycles. The smallest absolute Gasteiger partial charge is 0.412 e. The molecule has 0 heterocycles. The van der Waals surface area contributed by atoms with Crippen LogP contribution in [0.3, 0.4) is 0 Å². The Hall–Kier alpha value is -3.46. The molecular formula is C26H35NO8. The third-order valence-electron chi connectivity index (χ3n) is 4.65. The van der Waals surface area contributed by atoms with Crippen molar-refractivity contribution in [3.8, 4) is 23.0 Å². The molecule has 2 aromatic rings. The predicted octanol–water partition coefficient (Wildman–Crippen LogP) is 6.05. The number of phenolic OH excluding ortho intramolecular Hbond substituents is 1. The highest BCUT2D eigenvalue weighted by atomic mass is 16.6. The normalized spacial score (nSPS) is 13.1. The lowest BCUT2D eigenvalue weighted by Crippen LogP contribution is -2.37. The van der Waals surface area contributed by atoms with Crippen molar-refractivity contribution in [2.24, 2.45) is 0 Å². The number of carbonyl (C=O) groups excluding carboxylic acids is 1. The molecule has 0 radical (unpaired) electrons. The van der Waals surface area contributed by atoms with Crippen molar-refractivity contribution in [3.05, 3.63) is 42.0 Å². The summed E-state index contributed by atoms with van der Waals surface area (Å²) in [5.74, 6) is -1.25. The molecule has 1 unspecified atom stereocenters. The van der Waals surface area contributed by atoms with E-state index in [4.69, 9.17) is 18.9 Å². The van der Waals surface area contributed by atoms with E-state index < -0.39 is 35.1 Å². The van der Waals surface area contributed by atoms with Crippen molar-refractivity contribution in [3.63, 3.8) is 0 Å². The number of hydrogen-bond acceptors (Lipinski definition) is 7. The van der Waals surface area contributed by atoms with Gasteiger partial charge in [-0.2, -0.15) is 0 Å². The van der Waals surface area contributed by atoms with Crippen LogP contribution >= 0.6 is 0 Å². The van der Waals surface area contributed by atoms with Gasteiger partial charge in [0, 0.05) is 17.3 Å². The Bertz CT molecular complexity index is 1040. The highest BCUT2D eigenvalue weighted by molar-refractivity contribution is 5.85. The number of ether oxygens (including phenoxy) is 4. The lowest BCUT2D eigenvalue weighted by molar-refractivity contribution is -0.171. The molecule has 1 atom stereocenters. The number of aliphatic carboxylic acids is 1. The van der Waals surface area contributed by atoms with Gasteiger partial charge in [-0.3, -0.25) is 5.32 Å². The van der Waals surface area contributed by atoms with Gasteiger partial charge in [-0.1, -0.05) is 13.0 Å². The summed E-state index contributed by atoms with van der Waals surface area (Å²) in [7, 11) is 0. The molecule has 0 bridgehead atoms. The average Bonchev–Trinajstić information content (AvgIpc) is 2.72. The van der Waals surface area contributed by atoms with E-state index in [9.17, 15) is 19.8 Å². The van der Waals surface area contributed by atoms with Crippen LogP contribution < -0.4 is 14.8 Å². The molecule has 0 saturated carbocycles. The first-order chi connectivity index (χ1) is 16.3. The van der Waals surface area contributed by atoms with Crippen molar-refractivity contribution in [1.29, 1.82) is 0 Å². The molecule has 0 aromatic heterocycles. The molecule has 0 aliphatic carbocycles. The fourth-order valence-corrected chi connectivity index (χ4v) is 3.24. The van der Waals surface area contributed by atoms with E-state index in [1.54, 1.807) is 58.9 Å². The summed E-state index contributed by atoms with van der Waals surface area (Å²) in [5, 5.41) is 23.7. The molecule has 192 valence electrons. The molecule has 3 N–H and O–H groups in total. The zero-order chi connectivity index (χ0) is 26.4. The van der Waals surface area contributed by atoms with Crippen LogP contribution in [0.15, 0.2) is 36.4 Å². The zero-order valence-corrected chi connectivity index (χ0v) is 21.3. The number of nitrogens with one attached hydrogen (secondary N) is 1. The minimum atomic E-state index is -1.83. The Kier molecular flexibility index (Phi) is 8.98. The zero-order valence-electron chi connectivity index (χ0n) is 21.3. The second kappa shape index (κ2) is 11.3. The lowest BCUT2D eigenvalue weighted by atomic mass is 9.93. The summed E-state index contributed by atoms with van der Waals surface area (Å²) in [4.78, 5) is 24.2. The number of carboxylic acids is 1. The molecule has 2 aromatic carbocycles. The van der Waals surface area contributed by atoms with Crippen LogP contribution in [0.2, 0.25) is 0 Å². The highest BCUT2D eigenvalue weighted by Crippen LogP contribution is 2.47. The minimum Gasteiger partial charge on any atom is -0.504 e. The maximum Gasteiger partial charge on any atom is 0.412 e. The van der Waals surface area contributed by atoms with Crippen molar-refractivity contribution in [2.45, 2.75) is 72.2 Å². The Labute approximate surface area is 206 Å². The first-order valence-electron chi connectivity index (χ1n) is 11.4. The SMILES string of the molecule is CCCOc1ccc(C(C)(OC(C)C)C(=O)O)c(O)c1Oc1cccc(NC(=O)OC(C)(C)C)c1. The second-order valence-electron chi connectivity index (χ2n) is 9.40. The van der Waals surface area contributed by atoms with Gasteiger partial charge in [0.15, 0.2) is 17.1 Å². The van der Waals surface area contributed by atoms with Crippen LogP contribution in [-0.4, -0.2) is 40.6 Å². The van der Waals surface area contributed by atoms with Crippen LogP contribution in [-0.2, 0) is 19.9 Å². The maximum atomic E-state index is 12.1. The summed E-state index contributed by atoms with van der Waals surface area (Å²) in [6.45, 7) is 12.3. The number of rotatable bonds is 10. The highest BCUT2D eigenvalue weighted by Gasteiger charge is 2.41. The lowest BCUT2D eigenvalue weighted by Gasteiger charge is -2.29. The second-order valence-corrected chi connectivity index (χ2v) is 9.40. The Balaban J connectivity index is 2.47. The van der Waals surface area contributed by atoms with Gasteiger partial charge in [0.1, 0.15) is 11.4 Å². The number of hydrogen-bond donors (Lipinski definition) is 3. The number of aromatic hydroxyl groups is 1. The number of benzene rings is 2. The van der Waals surface area contributed by atoms with Crippen molar-refractivity contribution in [2.75, 3.05) is 11.9 Å². The van der Waals surface area contributed by atoms with Crippen molar-refractivity contribution < 1.29 is 38.7 Å². The number of carboxylic acid groups (broad SMARTS) is 1. The minimum absolute atomic E-state index is 0.0144. The fraction of sp³-hybridized carbons (Fsp3) is 0.462. The van der Waals surface area contributed by atoms with Gasteiger partial charge < -0.3 is 29.2 Å². The number of carbonyl (C=O) groups is 2. The van der Waals surface area contributed by atoms with Crippen LogP contribution in [0.1, 0.15) is 60.5 Å². The quantitative estimate of drug-likeness (QED) is 0.369. The topological polar surface area (TPSA) is 124 Å². The Morgan fingerprint density at radius 2 is 1.77 bits per heavy atom. The van der Waals surface area contributed by atoms with E-state index in [1.807, 2.05) is 6.92 Å². The van der Waals surface area contributed by atoms with Gasteiger partial charge in [0.2, 0.25) is 5.75 Å². The maximum absolute atomic E-state index is 12.1. The molecule has 35 heavy (non-hydrogen) atoms. The molecule has 9 heteroatoms. The van der Waals surface area contributed by atoms with E-state index in [2.05, 4.69) is 5.32 Å². The third kappa shape index (κ3) is 7.51. The molecule has 1 amide bonds. The average molecular weight is 490 g/mol. The van der Waals surface area contributed by atoms with Gasteiger partial charge in [-0.05, 0) is 72.2 Å². The van der Waals surface area contributed by atoms with Gasteiger partial charge in [-0.25, -0.2) is 9.59 Å². The largest absolute Gasteiger partial charge is 0.504 e. The first kappa shape index (κ1) is 27.8. The molecule has 9 nitrogen and oxygen atoms in total. The van der Waals surface area contributed by atoms with E-state index in [1.165, 1.54) is 19.1 Å². The number of anilines is 1. The molecule has 2 rings (SSSR count). The van der Waals surface area contributed by atoms with Gasteiger partial charge in [0.05, 0.1) is 12.7 Å². The first-order valence-corrected chi connectivity index (χ1v) is 11.4. The van der Waals surface area contributed by atoms with Crippen LogP contribution in [0.4, 0.5) is 10.5 Å². The predicted molar refractivity (Wildman–Crippen MR) is 131 cm³/mol. The summed E-state index contributed by atoms with van der Waals surface area (Å²) in [6, 6.07) is 9.45. The standard InChI is InChI=1S/C26H35NO8/c1-8-14-32-20-13-12-19(26(7,23(29)30)34-16(2)3)21(28)22(20)33-18-11-9-10-17(15-18)27-24(31)35-25(4,5)6/h9-13,15-16,28H,8,14H2,1-7H3,(H,27,31)(H,29,30). The Morgan fingerprint density at radius 3 is 2.34 bits per heavy atom. The summed E-state index contributed by atoms with van der Waals surface area (Å²) < 4.78 is 22.6. The van der Waals surface area contributed by atoms with E-state index >= 15 is 0 Å². The monoisotopic (exact) mass is 489 g/mol. The summed E-state index contributed by atoms with van der Waals surface area (Å²) in [6.07, 6.45) is -0.346. The third-order valence-corrected chi connectivity index (χ3v) is 4.65. The summed E-state index contributed by atoms with van der Waals surface area (Å²) >= 11 is 0. The van der Waals surface area contributed by atoms with Crippen molar-refractivity contribution >= 4 is 17.7 Å². The number of amides is 1. The van der Waals surface area contributed by atoms with Crippen LogP contribution in [0.5, 0.6) is 23.0 Å². The van der Waals surface area contributed by atoms with Gasteiger partial charge in [0.25, 0.3) is 0 Å². The van der Waals surface area contributed by atoms with E-state index in [0.29, 0.717) is 18.7 Å². The van der Waals surface area contributed by atoms with E-state index in [0.717, 1.165) is 0 Å². The van der Waals surface area contributed by atoms with Crippen LogP contribution in [0, 0.1) is 0 Å². The fourth-order valence-electron chi connectivity index (χ4n) is 3.24. The number of phenols is 1. The Morgan fingerprint density at radius 1 is 1.09 bits per heavy atom. The molecule has 0 aliphatic rings. The molecule has 0 saturated heterocycles. The van der Waals surface area contributed by atoms with Crippen molar-refractivity contribution in [1.82, 2.24) is 0 Å². The van der Waals surface area contributed by atoms with Gasteiger partial charge >= 0.3 is 12.1 Å². The van der Waals surface area contributed by atoms with Gasteiger partial charge in [-0.15, -0.1) is 0 Å². The van der Waals surface area contributed by atoms with E-state index in [-0.39, 0.29) is 22.8 Å². The molecular weight excluding hydrogens is 454 g/mol. The molecule has 0 spiro atoms. The molecule has 0 fully saturated rings. The van der Waals surface area contributed by atoms with Crippen LogP contribution in [0.25, 0.3) is 0 Å². The summed E-state index contributed by atoms with van der Waals surface area (Å²) in [5.41, 5.74) is -2.08.